The molecule has 0 aromatic heterocycles. The van der Waals surface area contributed by atoms with Crippen LogP contribution >= 0.6 is 0 Å². The largest absolute Gasteiger partial charge is 0.493 e. The summed E-state index contributed by atoms with van der Waals surface area (Å²) >= 11 is 0. The van der Waals surface area contributed by atoms with Gasteiger partial charge in [0.15, 0.2) is 0 Å². The Labute approximate surface area is 174 Å². The first-order valence-electron chi connectivity index (χ1n) is 10.8. The quantitative estimate of drug-likeness (QED) is 0.440. The smallest absolute Gasteiger partial charge is 0.341 e. The fraction of sp³-hybridized carbons (Fsp3) is 0.652. The Kier molecular flexibility index (Phi) is 8.96. The van der Waals surface area contributed by atoms with Crippen LogP contribution in [0.2, 0.25) is 0 Å². The summed E-state index contributed by atoms with van der Waals surface area (Å²) in [5, 5.41) is 2.96. The topological polar surface area (TPSA) is 73.9 Å². The van der Waals surface area contributed by atoms with Gasteiger partial charge in [-0.25, -0.2) is 4.79 Å². The number of nitrogens with one attached hydrogen (secondary N) is 1. The van der Waals surface area contributed by atoms with Gasteiger partial charge in [0.25, 0.3) is 5.91 Å². The van der Waals surface area contributed by atoms with E-state index < -0.39 is 11.6 Å². The van der Waals surface area contributed by atoms with Crippen molar-refractivity contribution < 1.29 is 23.8 Å². The summed E-state index contributed by atoms with van der Waals surface area (Å²) in [6, 6.07) is 5.10. The molecule has 29 heavy (non-hydrogen) atoms. The molecule has 162 valence electrons. The van der Waals surface area contributed by atoms with Crippen LogP contribution in [0, 0.1) is 5.92 Å². The van der Waals surface area contributed by atoms with Gasteiger partial charge in [-0.1, -0.05) is 26.7 Å². The molecule has 1 aliphatic carbocycles. The second kappa shape index (κ2) is 11.2. The summed E-state index contributed by atoms with van der Waals surface area (Å²) < 4.78 is 16.9. The zero-order valence-corrected chi connectivity index (χ0v) is 18.2. The lowest BCUT2D eigenvalue weighted by Gasteiger charge is -2.38. The summed E-state index contributed by atoms with van der Waals surface area (Å²) in [5.41, 5.74) is 0.0497. The standard InChI is InChI=1S/C23H35NO5/c1-5-8-14-28-20-12-11-18(15-19(20)21(25)27-6-2)24-22(26)23(29-7-3)13-9-10-17(4)16-23/h11-12,15,17H,5-10,13-14,16H2,1-4H3,(H,24,26)/t17-,23+/m1/s1. The lowest BCUT2D eigenvalue weighted by Crippen LogP contribution is -2.48. The molecule has 1 N–H and O–H groups in total. The van der Waals surface area contributed by atoms with E-state index in [1.165, 1.54) is 0 Å². The predicted octanol–water partition coefficient (Wildman–Crippen LogP) is 4.97. The van der Waals surface area contributed by atoms with Crippen molar-refractivity contribution >= 4 is 17.6 Å². The Bertz CT molecular complexity index is 686. The van der Waals surface area contributed by atoms with Crippen molar-refractivity contribution in [3.63, 3.8) is 0 Å². The maximum atomic E-state index is 13.1. The minimum absolute atomic E-state index is 0.152. The molecule has 1 aromatic rings. The third kappa shape index (κ3) is 6.20. The first-order chi connectivity index (χ1) is 14.0. The number of esters is 1. The van der Waals surface area contributed by atoms with Crippen molar-refractivity contribution in [2.45, 2.75) is 71.8 Å². The SMILES string of the molecule is CCCCOc1ccc(NC(=O)[C@]2(OCC)CCC[C@@H](C)C2)cc1C(=O)OCC. The van der Waals surface area contributed by atoms with E-state index in [0.717, 1.165) is 25.7 Å². The normalized spacial score (nSPS) is 21.4. The molecule has 0 bridgehead atoms. The number of benzene rings is 1. The molecule has 0 unspecified atom stereocenters. The molecule has 6 nitrogen and oxygen atoms in total. The van der Waals surface area contributed by atoms with Gasteiger partial charge >= 0.3 is 5.97 Å². The monoisotopic (exact) mass is 405 g/mol. The van der Waals surface area contributed by atoms with Crippen LogP contribution in [0.3, 0.4) is 0 Å². The van der Waals surface area contributed by atoms with Crippen molar-refractivity contribution in [1.29, 1.82) is 0 Å². The van der Waals surface area contributed by atoms with Crippen molar-refractivity contribution in [2.75, 3.05) is 25.1 Å². The fourth-order valence-corrected chi connectivity index (χ4v) is 3.86. The van der Waals surface area contributed by atoms with Crippen LogP contribution in [0.15, 0.2) is 18.2 Å². The molecule has 1 amide bonds. The predicted molar refractivity (Wildman–Crippen MR) is 113 cm³/mol. The second-order valence-electron chi connectivity index (χ2n) is 7.72. The van der Waals surface area contributed by atoms with Crippen LogP contribution in [0.4, 0.5) is 5.69 Å². The van der Waals surface area contributed by atoms with Gasteiger partial charge in [-0.05, 0) is 63.6 Å². The molecular weight excluding hydrogens is 370 g/mol. The lowest BCUT2D eigenvalue weighted by molar-refractivity contribution is -0.147. The van der Waals surface area contributed by atoms with Gasteiger partial charge in [-0.2, -0.15) is 0 Å². The molecule has 6 heteroatoms. The molecule has 2 atom stereocenters. The van der Waals surface area contributed by atoms with E-state index in [-0.39, 0.29) is 12.5 Å². The molecule has 1 saturated carbocycles. The average Bonchev–Trinajstić information content (AvgIpc) is 2.69. The van der Waals surface area contributed by atoms with Crippen molar-refractivity contribution in [3.8, 4) is 5.75 Å². The Morgan fingerprint density at radius 2 is 2.00 bits per heavy atom. The molecule has 0 aliphatic heterocycles. The van der Waals surface area contributed by atoms with Gasteiger partial charge in [0.1, 0.15) is 16.9 Å². The second-order valence-corrected chi connectivity index (χ2v) is 7.72. The number of carbonyl (C=O) groups is 2. The Hall–Kier alpha value is -2.08. The van der Waals surface area contributed by atoms with Crippen LogP contribution in [0.25, 0.3) is 0 Å². The summed E-state index contributed by atoms with van der Waals surface area (Å²) in [5.74, 6) is 0.299. The van der Waals surface area contributed by atoms with Gasteiger partial charge in [-0.3, -0.25) is 4.79 Å². The van der Waals surface area contributed by atoms with E-state index in [9.17, 15) is 9.59 Å². The maximum Gasteiger partial charge on any atom is 0.341 e. The van der Waals surface area contributed by atoms with Crippen LogP contribution < -0.4 is 10.1 Å². The Balaban J connectivity index is 2.23. The zero-order chi connectivity index (χ0) is 21.3. The highest BCUT2D eigenvalue weighted by Crippen LogP contribution is 2.36. The fourth-order valence-electron chi connectivity index (χ4n) is 3.86. The van der Waals surface area contributed by atoms with Crippen LogP contribution in [0.5, 0.6) is 5.75 Å². The highest BCUT2D eigenvalue weighted by atomic mass is 16.5. The third-order valence-electron chi connectivity index (χ3n) is 5.28. The minimum Gasteiger partial charge on any atom is -0.493 e. The molecule has 0 spiro atoms. The molecule has 1 aliphatic rings. The number of hydrogen-bond donors (Lipinski definition) is 1. The summed E-state index contributed by atoms with van der Waals surface area (Å²) in [6.45, 7) is 9.19. The minimum atomic E-state index is -0.813. The molecule has 1 fully saturated rings. The molecule has 0 heterocycles. The Morgan fingerprint density at radius 1 is 1.21 bits per heavy atom. The number of anilines is 1. The molecule has 1 aromatic carbocycles. The summed E-state index contributed by atoms with van der Waals surface area (Å²) in [6.07, 6.45) is 5.39. The molecule has 0 saturated heterocycles. The van der Waals surface area contributed by atoms with Crippen molar-refractivity contribution in [1.82, 2.24) is 0 Å². The van der Waals surface area contributed by atoms with Crippen LogP contribution in [-0.2, 0) is 14.3 Å². The van der Waals surface area contributed by atoms with Crippen LogP contribution in [-0.4, -0.2) is 37.3 Å². The summed E-state index contributed by atoms with van der Waals surface area (Å²) in [4.78, 5) is 25.6. The molecule has 2 rings (SSSR count). The third-order valence-corrected chi connectivity index (χ3v) is 5.28. The van der Waals surface area contributed by atoms with Gasteiger partial charge in [0, 0.05) is 12.3 Å². The van der Waals surface area contributed by atoms with E-state index >= 15 is 0 Å². The van der Waals surface area contributed by atoms with E-state index in [2.05, 4.69) is 19.2 Å². The van der Waals surface area contributed by atoms with E-state index in [4.69, 9.17) is 14.2 Å². The van der Waals surface area contributed by atoms with Gasteiger partial charge in [-0.15, -0.1) is 0 Å². The zero-order valence-electron chi connectivity index (χ0n) is 18.2. The van der Waals surface area contributed by atoms with Crippen molar-refractivity contribution in [3.05, 3.63) is 23.8 Å². The number of unbranched alkanes of at least 4 members (excludes halogenated alkanes) is 1. The van der Waals surface area contributed by atoms with Crippen molar-refractivity contribution in [2.24, 2.45) is 5.92 Å². The van der Waals surface area contributed by atoms with Crippen LogP contribution in [0.1, 0.15) is 76.6 Å². The first-order valence-corrected chi connectivity index (χ1v) is 10.8. The van der Waals surface area contributed by atoms with Gasteiger partial charge in [0.05, 0.1) is 13.2 Å². The summed E-state index contributed by atoms with van der Waals surface area (Å²) in [7, 11) is 0. The van der Waals surface area contributed by atoms with E-state index in [0.29, 0.717) is 49.0 Å². The highest BCUT2D eigenvalue weighted by molar-refractivity contribution is 5.99. The highest BCUT2D eigenvalue weighted by Gasteiger charge is 2.42. The number of ether oxygens (including phenoxy) is 3. The Morgan fingerprint density at radius 3 is 2.66 bits per heavy atom. The van der Waals surface area contributed by atoms with Gasteiger partial charge < -0.3 is 19.5 Å². The number of carbonyl (C=O) groups excluding carboxylic acids is 2. The van der Waals surface area contributed by atoms with Gasteiger partial charge in [0.2, 0.25) is 0 Å². The van der Waals surface area contributed by atoms with E-state index in [1.807, 2.05) is 6.92 Å². The molecular formula is C23H35NO5. The van der Waals surface area contributed by atoms with E-state index in [1.54, 1.807) is 25.1 Å². The number of rotatable bonds is 10. The number of hydrogen-bond acceptors (Lipinski definition) is 5. The number of amides is 1. The average molecular weight is 406 g/mol. The lowest BCUT2D eigenvalue weighted by atomic mass is 9.78. The first kappa shape index (κ1) is 23.2. The molecule has 0 radical (unpaired) electrons. The maximum absolute atomic E-state index is 13.1.